The molecule has 2 aromatic rings. The zero-order valence-electron chi connectivity index (χ0n) is 16.9. The molecule has 1 unspecified atom stereocenters. The third-order valence-electron chi connectivity index (χ3n) is 3.93. The van der Waals surface area contributed by atoms with Gasteiger partial charge in [-0.1, -0.05) is 6.92 Å². The molecule has 0 aliphatic carbocycles. The minimum Gasteiger partial charge on any atom is -0.468 e. The van der Waals surface area contributed by atoms with Crippen molar-refractivity contribution < 1.29 is 27.5 Å². The molecular weight excluding hydrogens is 403 g/mol. The SMILES string of the molecule is CCC(=O)Nc1nc(C)cc(C(=O)NC(C)c2cnc(OCC(F)(F)F)c(C)c2)n1. The summed E-state index contributed by atoms with van der Waals surface area (Å²) in [5, 5.41) is 5.24. The number of carbonyl (C=O) groups is 2. The van der Waals surface area contributed by atoms with Gasteiger partial charge in [-0.2, -0.15) is 13.2 Å². The van der Waals surface area contributed by atoms with Crippen LogP contribution in [0.3, 0.4) is 0 Å². The van der Waals surface area contributed by atoms with Crippen molar-refractivity contribution in [2.24, 2.45) is 0 Å². The molecule has 8 nitrogen and oxygen atoms in total. The van der Waals surface area contributed by atoms with Crippen molar-refractivity contribution in [1.29, 1.82) is 0 Å². The van der Waals surface area contributed by atoms with Gasteiger partial charge in [0.25, 0.3) is 5.91 Å². The second-order valence-corrected chi connectivity index (χ2v) is 6.61. The van der Waals surface area contributed by atoms with Crippen molar-refractivity contribution in [3.8, 4) is 5.88 Å². The van der Waals surface area contributed by atoms with Crippen molar-refractivity contribution in [3.05, 3.63) is 40.8 Å². The third kappa shape index (κ3) is 6.68. The fourth-order valence-electron chi connectivity index (χ4n) is 2.43. The first-order chi connectivity index (χ1) is 14.0. The Morgan fingerprint density at radius 3 is 2.50 bits per heavy atom. The highest BCUT2D eigenvalue weighted by atomic mass is 19.4. The van der Waals surface area contributed by atoms with Crippen molar-refractivity contribution in [3.63, 3.8) is 0 Å². The zero-order valence-corrected chi connectivity index (χ0v) is 16.9. The summed E-state index contributed by atoms with van der Waals surface area (Å²) in [4.78, 5) is 36.1. The van der Waals surface area contributed by atoms with Crippen LogP contribution in [0.4, 0.5) is 19.1 Å². The Balaban J connectivity index is 2.10. The number of ether oxygens (including phenoxy) is 1. The molecule has 2 rings (SSSR count). The van der Waals surface area contributed by atoms with Crippen LogP contribution < -0.4 is 15.4 Å². The van der Waals surface area contributed by atoms with Crippen LogP contribution in [0.2, 0.25) is 0 Å². The van der Waals surface area contributed by atoms with Crippen LogP contribution >= 0.6 is 0 Å². The van der Waals surface area contributed by atoms with Crippen molar-refractivity contribution in [2.45, 2.75) is 46.3 Å². The molecule has 2 N–H and O–H groups in total. The maximum Gasteiger partial charge on any atom is 0.422 e. The Morgan fingerprint density at radius 1 is 1.20 bits per heavy atom. The second kappa shape index (κ2) is 9.51. The van der Waals surface area contributed by atoms with Gasteiger partial charge in [0.2, 0.25) is 17.7 Å². The van der Waals surface area contributed by atoms with Gasteiger partial charge in [-0.3, -0.25) is 14.9 Å². The monoisotopic (exact) mass is 425 g/mol. The van der Waals surface area contributed by atoms with Gasteiger partial charge in [-0.15, -0.1) is 0 Å². The first-order valence-electron chi connectivity index (χ1n) is 9.11. The fourth-order valence-corrected chi connectivity index (χ4v) is 2.43. The Bertz CT molecular complexity index is 934. The van der Waals surface area contributed by atoms with Crippen LogP contribution in [0.5, 0.6) is 5.88 Å². The summed E-state index contributed by atoms with van der Waals surface area (Å²) in [5.74, 6) is -0.884. The van der Waals surface area contributed by atoms with E-state index in [4.69, 9.17) is 0 Å². The molecule has 0 radical (unpaired) electrons. The van der Waals surface area contributed by atoms with Gasteiger partial charge in [0.15, 0.2) is 6.61 Å². The molecule has 11 heteroatoms. The molecule has 2 aromatic heterocycles. The van der Waals surface area contributed by atoms with Gasteiger partial charge in [0.1, 0.15) is 5.69 Å². The van der Waals surface area contributed by atoms with E-state index in [9.17, 15) is 22.8 Å². The van der Waals surface area contributed by atoms with Crippen LogP contribution in [0.15, 0.2) is 18.3 Å². The van der Waals surface area contributed by atoms with Crippen LogP contribution in [-0.2, 0) is 4.79 Å². The number of amides is 2. The standard InChI is InChI=1S/C19H22F3N5O3/c1-5-15(28)27-18-24-11(3)7-14(26-18)16(29)25-12(4)13-6-10(2)17(23-8-13)30-9-19(20,21)22/h6-8,12H,5,9H2,1-4H3,(H,25,29)(H,24,26,27,28). The molecule has 0 spiro atoms. The van der Waals surface area contributed by atoms with E-state index < -0.39 is 24.7 Å². The van der Waals surface area contributed by atoms with Crippen molar-refractivity contribution in [2.75, 3.05) is 11.9 Å². The minimum absolute atomic E-state index is 0.0309. The minimum atomic E-state index is -4.46. The average molecular weight is 425 g/mol. The smallest absolute Gasteiger partial charge is 0.422 e. The van der Waals surface area contributed by atoms with Gasteiger partial charge in [-0.25, -0.2) is 15.0 Å². The summed E-state index contributed by atoms with van der Waals surface area (Å²) >= 11 is 0. The van der Waals surface area contributed by atoms with E-state index in [0.29, 0.717) is 16.8 Å². The maximum atomic E-state index is 12.6. The molecule has 0 saturated carbocycles. The topological polar surface area (TPSA) is 106 Å². The molecule has 30 heavy (non-hydrogen) atoms. The highest BCUT2D eigenvalue weighted by Crippen LogP contribution is 2.23. The normalized spacial score (nSPS) is 12.2. The molecule has 1 atom stereocenters. The Hall–Kier alpha value is -3.24. The highest BCUT2D eigenvalue weighted by molar-refractivity contribution is 5.94. The number of pyridine rings is 1. The summed E-state index contributed by atoms with van der Waals surface area (Å²) in [6.07, 6.45) is -2.88. The third-order valence-corrected chi connectivity index (χ3v) is 3.93. The van der Waals surface area contributed by atoms with Gasteiger partial charge in [0.05, 0.1) is 6.04 Å². The zero-order chi connectivity index (χ0) is 22.5. The van der Waals surface area contributed by atoms with E-state index in [1.165, 1.54) is 12.3 Å². The molecule has 0 saturated heterocycles. The molecular formula is C19H22F3N5O3. The second-order valence-electron chi connectivity index (χ2n) is 6.61. The lowest BCUT2D eigenvalue weighted by atomic mass is 10.1. The molecule has 2 amide bonds. The number of hydrogen-bond acceptors (Lipinski definition) is 6. The lowest BCUT2D eigenvalue weighted by Crippen LogP contribution is -2.28. The summed E-state index contributed by atoms with van der Waals surface area (Å²) in [5.41, 5.74) is 1.54. The predicted molar refractivity (Wildman–Crippen MR) is 102 cm³/mol. The quantitative estimate of drug-likeness (QED) is 0.705. The van der Waals surface area contributed by atoms with E-state index in [-0.39, 0.29) is 29.9 Å². The van der Waals surface area contributed by atoms with Crippen LogP contribution in [-0.4, -0.2) is 39.5 Å². The number of alkyl halides is 3. The number of aryl methyl sites for hydroxylation is 2. The highest BCUT2D eigenvalue weighted by Gasteiger charge is 2.29. The molecule has 162 valence electrons. The molecule has 0 fully saturated rings. The van der Waals surface area contributed by atoms with Gasteiger partial charge >= 0.3 is 6.18 Å². The van der Waals surface area contributed by atoms with Gasteiger partial charge in [-0.05, 0) is 38.5 Å². The van der Waals surface area contributed by atoms with E-state index >= 15 is 0 Å². The van der Waals surface area contributed by atoms with Gasteiger partial charge in [0, 0.05) is 23.9 Å². The number of hydrogen-bond donors (Lipinski definition) is 2. The number of aromatic nitrogens is 3. The van der Waals surface area contributed by atoms with E-state index in [1.807, 2.05) is 0 Å². The number of nitrogens with zero attached hydrogens (tertiary/aromatic N) is 3. The summed E-state index contributed by atoms with van der Waals surface area (Å²) in [6.45, 7) is 5.16. The summed E-state index contributed by atoms with van der Waals surface area (Å²) in [6, 6.07) is 2.55. The number of carbonyl (C=O) groups excluding carboxylic acids is 2. The largest absolute Gasteiger partial charge is 0.468 e. The summed E-state index contributed by atoms with van der Waals surface area (Å²) < 4.78 is 41.6. The van der Waals surface area contributed by atoms with Crippen molar-refractivity contribution >= 4 is 17.8 Å². The van der Waals surface area contributed by atoms with Crippen molar-refractivity contribution in [1.82, 2.24) is 20.3 Å². The van der Waals surface area contributed by atoms with Crippen LogP contribution in [0.1, 0.15) is 53.6 Å². The fraction of sp³-hybridized carbons (Fsp3) is 0.421. The number of nitrogens with one attached hydrogen (secondary N) is 2. The number of rotatable bonds is 7. The van der Waals surface area contributed by atoms with Crippen LogP contribution in [0, 0.1) is 13.8 Å². The molecule has 0 bridgehead atoms. The predicted octanol–water partition coefficient (Wildman–Crippen LogP) is 3.27. The Kier molecular flexibility index (Phi) is 7.30. The van der Waals surface area contributed by atoms with Crippen LogP contribution in [0.25, 0.3) is 0 Å². The maximum absolute atomic E-state index is 12.6. The average Bonchev–Trinajstić information content (AvgIpc) is 2.65. The molecule has 0 aliphatic heterocycles. The first-order valence-corrected chi connectivity index (χ1v) is 9.11. The van der Waals surface area contributed by atoms with Gasteiger partial charge < -0.3 is 10.1 Å². The molecule has 2 heterocycles. The molecule has 0 aromatic carbocycles. The molecule has 0 aliphatic rings. The Labute approximate surface area is 171 Å². The first kappa shape index (κ1) is 23.0. The number of anilines is 1. The van der Waals surface area contributed by atoms with E-state index in [2.05, 4.69) is 30.3 Å². The van der Waals surface area contributed by atoms with E-state index in [0.717, 1.165) is 0 Å². The lowest BCUT2D eigenvalue weighted by Gasteiger charge is -2.16. The summed E-state index contributed by atoms with van der Waals surface area (Å²) in [7, 11) is 0. The lowest BCUT2D eigenvalue weighted by molar-refractivity contribution is -0.154. The van der Waals surface area contributed by atoms with E-state index in [1.54, 1.807) is 33.8 Å². The Morgan fingerprint density at radius 2 is 1.90 bits per heavy atom. The number of halogens is 3.